The van der Waals surface area contributed by atoms with Crippen LogP contribution in [0.25, 0.3) is 38.6 Å². The zero-order valence-electron chi connectivity index (χ0n) is 14.6. The van der Waals surface area contributed by atoms with Crippen LogP contribution in [0.4, 0.5) is 5.00 Å². The lowest BCUT2D eigenvalue weighted by Gasteiger charge is -2.07. The molecule has 0 unspecified atom stereocenters. The maximum absolute atomic E-state index is 3.52. The molecular weight excluding hydrogens is 326 g/mol. The molecule has 2 aromatic heterocycles. The lowest BCUT2D eigenvalue weighted by atomic mass is 10.0. The number of imidazole rings is 1. The fourth-order valence-corrected chi connectivity index (χ4v) is 5.29. The summed E-state index contributed by atoms with van der Waals surface area (Å²) in [5.74, 6) is 1.26. The lowest BCUT2D eigenvalue weighted by molar-refractivity contribution is -0.634. The number of aryl methyl sites for hydroxylation is 3. The van der Waals surface area contributed by atoms with E-state index in [1.165, 1.54) is 48.6 Å². The second kappa shape index (κ2) is 5.20. The molecule has 0 amide bonds. The lowest BCUT2D eigenvalue weighted by Crippen LogP contribution is -2.30. The Bertz CT molecular complexity index is 1140. The maximum Gasteiger partial charge on any atom is 0.291 e. The zero-order valence-corrected chi connectivity index (χ0v) is 15.4. The van der Waals surface area contributed by atoms with Crippen LogP contribution >= 0.6 is 11.3 Å². The third kappa shape index (κ3) is 1.94. The zero-order chi connectivity index (χ0) is 17.1. The number of nitrogens with one attached hydrogen (secondary N) is 1. The Morgan fingerprint density at radius 3 is 2.84 bits per heavy atom. The van der Waals surface area contributed by atoms with Crippen molar-refractivity contribution in [2.24, 2.45) is 14.1 Å². The van der Waals surface area contributed by atoms with Gasteiger partial charge in [-0.05, 0) is 24.6 Å². The van der Waals surface area contributed by atoms with Crippen LogP contribution in [-0.4, -0.2) is 11.1 Å². The highest BCUT2D eigenvalue weighted by Gasteiger charge is 2.27. The molecule has 1 aliphatic rings. The standard InChI is InChI=1S/C21H20N3S/c1-13-10-11-14-15-7-6-12-22-20(15)25-19(14)18(13)21-23(2)16-8-4-5-9-17(16)24(21)3/h4-11,22H,12H2,1-3H3/q+1. The molecule has 1 N–H and O–H groups in total. The molecular formula is C21H20N3S+. The highest BCUT2D eigenvalue weighted by atomic mass is 32.1. The first kappa shape index (κ1) is 14.7. The van der Waals surface area contributed by atoms with E-state index in [4.69, 9.17) is 0 Å². The molecule has 25 heavy (non-hydrogen) atoms. The summed E-state index contributed by atoms with van der Waals surface area (Å²) in [7, 11) is 4.34. The van der Waals surface area contributed by atoms with Gasteiger partial charge in [0.15, 0.2) is 11.0 Å². The van der Waals surface area contributed by atoms with Crippen molar-refractivity contribution in [1.82, 2.24) is 4.57 Å². The molecule has 1 aliphatic heterocycles. The molecule has 0 saturated heterocycles. The quantitative estimate of drug-likeness (QED) is 0.498. The number of para-hydroxylation sites is 2. The van der Waals surface area contributed by atoms with E-state index in [1.807, 2.05) is 11.3 Å². The summed E-state index contributed by atoms with van der Waals surface area (Å²) in [4.78, 5) is 0. The largest absolute Gasteiger partial charge is 0.373 e. The Balaban J connectivity index is 1.92. The summed E-state index contributed by atoms with van der Waals surface area (Å²) >= 11 is 1.87. The Morgan fingerprint density at radius 2 is 2.00 bits per heavy atom. The van der Waals surface area contributed by atoms with Crippen LogP contribution in [0.1, 0.15) is 11.1 Å². The van der Waals surface area contributed by atoms with Crippen molar-refractivity contribution in [3.63, 3.8) is 0 Å². The van der Waals surface area contributed by atoms with Gasteiger partial charge in [0.05, 0.1) is 29.4 Å². The van der Waals surface area contributed by atoms with Gasteiger partial charge in [-0.3, -0.25) is 0 Å². The predicted octanol–water partition coefficient (Wildman–Crippen LogP) is 4.63. The van der Waals surface area contributed by atoms with E-state index in [-0.39, 0.29) is 0 Å². The fraction of sp³-hybridized carbons (Fsp3) is 0.190. The van der Waals surface area contributed by atoms with Crippen LogP contribution in [0.15, 0.2) is 42.5 Å². The molecule has 0 atom stereocenters. The molecule has 2 aromatic carbocycles. The van der Waals surface area contributed by atoms with E-state index >= 15 is 0 Å². The monoisotopic (exact) mass is 346 g/mol. The van der Waals surface area contributed by atoms with Crippen LogP contribution in [0.3, 0.4) is 0 Å². The van der Waals surface area contributed by atoms with Gasteiger partial charge in [-0.15, -0.1) is 11.3 Å². The minimum atomic E-state index is 0.913. The average molecular weight is 346 g/mol. The summed E-state index contributed by atoms with van der Waals surface area (Å²) in [6, 6.07) is 13.1. The van der Waals surface area contributed by atoms with E-state index in [9.17, 15) is 0 Å². The summed E-state index contributed by atoms with van der Waals surface area (Å²) in [5, 5.41) is 6.15. The Hall–Kier alpha value is -2.59. The molecule has 0 bridgehead atoms. The normalized spacial score (nSPS) is 13.4. The molecule has 3 nitrogen and oxygen atoms in total. The molecule has 4 heteroatoms. The fourth-order valence-electron chi connectivity index (χ4n) is 4.00. The Labute approximate surface area is 150 Å². The van der Waals surface area contributed by atoms with Crippen molar-refractivity contribution in [3.8, 4) is 11.4 Å². The number of benzene rings is 2. The van der Waals surface area contributed by atoms with Crippen molar-refractivity contribution in [3.05, 3.63) is 53.6 Å². The Morgan fingerprint density at radius 1 is 1.16 bits per heavy atom. The molecule has 0 saturated carbocycles. The van der Waals surface area contributed by atoms with E-state index in [0.717, 1.165) is 6.54 Å². The number of hydrogen-bond donors (Lipinski definition) is 1. The van der Waals surface area contributed by atoms with Gasteiger partial charge < -0.3 is 5.32 Å². The van der Waals surface area contributed by atoms with Gasteiger partial charge in [-0.1, -0.05) is 36.4 Å². The van der Waals surface area contributed by atoms with Gasteiger partial charge in [0.25, 0.3) is 5.82 Å². The minimum Gasteiger partial charge on any atom is -0.373 e. The topological polar surface area (TPSA) is 20.8 Å². The summed E-state index contributed by atoms with van der Waals surface area (Å²) in [6.45, 7) is 3.13. The first-order valence-corrected chi connectivity index (χ1v) is 9.39. The number of aromatic nitrogens is 2. The number of thiophene rings is 1. The van der Waals surface area contributed by atoms with Crippen LogP contribution in [0.5, 0.6) is 0 Å². The van der Waals surface area contributed by atoms with Gasteiger partial charge in [0.2, 0.25) is 0 Å². The summed E-state index contributed by atoms with van der Waals surface area (Å²) < 4.78 is 6.00. The number of fused-ring (bicyclic) bond motifs is 4. The third-order valence-electron chi connectivity index (χ3n) is 5.23. The smallest absolute Gasteiger partial charge is 0.291 e. The van der Waals surface area contributed by atoms with Gasteiger partial charge in [0, 0.05) is 17.5 Å². The second-order valence-electron chi connectivity index (χ2n) is 6.69. The third-order valence-corrected chi connectivity index (χ3v) is 6.43. The van der Waals surface area contributed by atoms with Crippen molar-refractivity contribution in [2.75, 3.05) is 11.9 Å². The second-order valence-corrected chi connectivity index (χ2v) is 7.71. The first-order chi connectivity index (χ1) is 12.2. The minimum absolute atomic E-state index is 0.913. The molecule has 3 heterocycles. The Kier molecular flexibility index (Phi) is 3.06. The number of rotatable bonds is 1. The van der Waals surface area contributed by atoms with Crippen molar-refractivity contribution >= 4 is 43.5 Å². The van der Waals surface area contributed by atoms with E-state index in [0.29, 0.717) is 0 Å². The van der Waals surface area contributed by atoms with Crippen LogP contribution < -0.4 is 9.88 Å². The highest BCUT2D eigenvalue weighted by Crippen LogP contribution is 2.43. The van der Waals surface area contributed by atoms with E-state index < -0.39 is 0 Å². The maximum atomic E-state index is 3.52. The van der Waals surface area contributed by atoms with Crippen molar-refractivity contribution < 1.29 is 4.57 Å². The molecule has 0 aliphatic carbocycles. The van der Waals surface area contributed by atoms with Gasteiger partial charge in [-0.2, -0.15) is 0 Å². The molecule has 124 valence electrons. The summed E-state index contributed by atoms with van der Waals surface area (Å²) in [6.07, 6.45) is 4.45. The van der Waals surface area contributed by atoms with E-state index in [1.54, 1.807) is 0 Å². The first-order valence-electron chi connectivity index (χ1n) is 8.57. The number of anilines is 1. The summed E-state index contributed by atoms with van der Waals surface area (Å²) in [5.41, 5.74) is 6.50. The van der Waals surface area contributed by atoms with Crippen molar-refractivity contribution in [1.29, 1.82) is 0 Å². The van der Waals surface area contributed by atoms with Gasteiger partial charge in [-0.25, -0.2) is 9.13 Å². The molecule has 4 aromatic rings. The average Bonchev–Trinajstić information content (AvgIpc) is 3.12. The molecule has 0 fully saturated rings. The van der Waals surface area contributed by atoms with Crippen molar-refractivity contribution in [2.45, 2.75) is 6.92 Å². The SMILES string of the molecule is Cc1ccc2c3c(sc2c1-c1n(C)c2ccccc2[n+]1C)NCC=C3. The van der Waals surface area contributed by atoms with Gasteiger partial charge >= 0.3 is 0 Å². The van der Waals surface area contributed by atoms with E-state index in [2.05, 4.69) is 84.0 Å². The molecule has 5 rings (SSSR count). The van der Waals surface area contributed by atoms with Crippen LogP contribution in [0.2, 0.25) is 0 Å². The number of nitrogens with zero attached hydrogens (tertiary/aromatic N) is 2. The highest BCUT2D eigenvalue weighted by molar-refractivity contribution is 7.23. The molecule has 0 radical (unpaired) electrons. The molecule has 0 spiro atoms. The van der Waals surface area contributed by atoms with Crippen LogP contribution in [0, 0.1) is 6.92 Å². The van der Waals surface area contributed by atoms with Gasteiger partial charge in [0.1, 0.15) is 0 Å². The van der Waals surface area contributed by atoms with Crippen LogP contribution in [-0.2, 0) is 14.1 Å². The predicted molar refractivity (Wildman–Crippen MR) is 107 cm³/mol. The number of hydrogen-bond acceptors (Lipinski definition) is 2.